The molecule has 86 heavy (non-hydrogen) atoms. The molecule has 13 rings (SSSR count). The second kappa shape index (κ2) is 29.2. The van der Waals surface area contributed by atoms with Gasteiger partial charge in [-0.2, -0.15) is 20.4 Å². The van der Waals surface area contributed by atoms with Crippen LogP contribution in [0.5, 0.6) is 0 Å². The van der Waals surface area contributed by atoms with Crippen molar-refractivity contribution in [1.82, 2.24) is 59.9 Å². The molecular weight excluding hydrogens is 1350 g/mol. The Morgan fingerprint density at radius 2 is 1.06 bits per heavy atom. The number of halogens is 5. The number of H-pyrrole nitrogens is 2. The Labute approximate surface area is 515 Å². The topological polar surface area (TPSA) is 282 Å². The number of fused-ring (bicyclic) bond motifs is 4. The Balaban J connectivity index is 0.000000133. The van der Waals surface area contributed by atoms with Crippen molar-refractivity contribution in [3.05, 3.63) is 169 Å². The molecule has 2 aliphatic heterocycles. The molecular formula is C58H52BF3I2N12O10. The summed E-state index contributed by atoms with van der Waals surface area (Å²) in [6, 6.07) is 26.7. The monoisotopic (exact) mass is 1400 g/mol. The summed E-state index contributed by atoms with van der Waals surface area (Å²) in [5.74, 6) is -3.80. The molecule has 2 unspecified atom stereocenters. The quantitative estimate of drug-likeness (QED) is 0.0476. The fourth-order valence-electron chi connectivity index (χ4n) is 9.11. The van der Waals surface area contributed by atoms with Gasteiger partial charge in [0.2, 0.25) is 0 Å². The van der Waals surface area contributed by atoms with E-state index in [0.717, 1.165) is 103 Å². The number of carbonyl (C=O) groups is 3. The molecule has 0 amide bonds. The third kappa shape index (κ3) is 14.5. The Hall–Kier alpha value is -8.30. The Kier molecular flexibility index (Phi) is 21.1. The smallest absolute Gasteiger partial charge is 0.465 e. The van der Waals surface area contributed by atoms with Crippen LogP contribution in [-0.4, -0.2) is 130 Å². The summed E-state index contributed by atoms with van der Waals surface area (Å²) < 4.78 is 72.8. The number of aromatic amines is 2. The van der Waals surface area contributed by atoms with Crippen LogP contribution < -0.4 is 5.46 Å². The van der Waals surface area contributed by atoms with Crippen molar-refractivity contribution in [2.24, 2.45) is 0 Å². The second-order valence-electron chi connectivity index (χ2n) is 18.8. The lowest BCUT2D eigenvalue weighted by molar-refractivity contribution is -0.0369. The number of ether oxygens (including phenoxy) is 5. The zero-order chi connectivity index (χ0) is 60.9. The first kappa shape index (κ1) is 62.2. The molecule has 4 N–H and O–H groups in total. The van der Waals surface area contributed by atoms with Crippen LogP contribution in [0.3, 0.4) is 0 Å². The van der Waals surface area contributed by atoms with Crippen LogP contribution in [0.4, 0.5) is 13.2 Å². The van der Waals surface area contributed by atoms with E-state index in [0.29, 0.717) is 29.0 Å². The number of pyridine rings is 4. The van der Waals surface area contributed by atoms with Gasteiger partial charge in [-0.05, 0) is 181 Å². The number of benzene rings is 3. The minimum absolute atomic E-state index is 0.0226. The molecule has 2 aliphatic rings. The molecule has 22 nitrogen and oxygen atoms in total. The van der Waals surface area contributed by atoms with Crippen LogP contribution in [0.1, 0.15) is 82.1 Å². The molecule has 3 aromatic carbocycles. The molecule has 0 saturated carbocycles. The fraction of sp³-hybridized carbons (Fsp3) is 0.224. The number of esters is 3. The van der Waals surface area contributed by atoms with Gasteiger partial charge in [-0.15, -0.1) is 0 Å². The van der Waals surface area contributed by atoms with Gasteiger partial charge in [0.05, 0.1) is 54.6 Å². The maximum absolute atomic E-state index is 14.7. The van der Waals surface area contributed by atoms with E-state index in [9.17, 15) is 27.6 Å². The lowest BCUT2D eigenvalue weighted by Gasteiger charge is -2.23. The van der Waals surface area contributed by atoms with Crippen LogP contribution in [0.15, 0.2) is 128 Å². The lowest BCUT2D eigenvalue weighted by Crippen LogP contribution is -2.32. The van der Waals surface area contributed by atoms with E-state index in [1.807, 2.05) is 35.0 Å². The van der Waals surface area contributed by atoms with Gasteiger partial charge in [0, 0.05) is 54.6 Å². The average Bonchev–Trinajstić information content (AvgIpc) is 4.24. The van der Waals surface area contributed by atoms with E-state index in [2.05, 4.69) is 116 Å². The van der Waals surface area contributed by atoms with Gasteiger partial charge in [-0.25, -0.2) is 36.9 Å². The van der Waals surface area contributed by atoms with E-state index in [1.54, 1.807) is 41.6 Å². The molecule has 0 spiro atoms. The number of nitrogens with zero attached hydrogens (tertiary/aromatic N) is 10. The second-order valence-corrected chi connectivity index (χ2v) is 20.9. The number of hydrogen-bond acceptors (Lipinski definition) is 18. The highest BCUT2D eigenvalue weighted by atomic mass is 127. The van der Waals surface area contributed by atoms with E-state index in [1.165, 1.54) is 58.1 Å². The van der Waals surface area contributed by atoms with Gasteiger partial charge in [0.25, 0.3) is 0 Å². The number of carbonyl (C=O) groups excluding carboxylic acids is 3. The molecule has 2 atom stereocenters. The first-order chi connectivity index (χ1) is 41.7. The van der Waals surface area contributed by atoms with Crippen LogP contribution in [0.25, 0.3) is 66.6 Å². The maximum Gasteiger partial charge on any atom is 0.491 e. The minimum Gasteiger partial charge on any atom is -0.465 e. The predicted octanol–water partition coefficient (Wildman–Crippen LogP) is 9.86. The van der Waals surface area contributed by atoms with Crippen molar-refractivity contribution in [2.45, 2.75) is 51.0 Å². The van der Waals surface area contributed by atoms with E-state index < -0.39 is 42.5 Å². The zero-order valence-electron chi connectivity index (χ0n) is 46.0. The van der Waals surface area contributed by atoms with E-state index in [4.69, 9.17) is 19.5 Å². The van der Waals surface area contributed by atoms with Crippen molar-refractivity contribution in [3.8, 4) is 22.5 Å². The summed E-state index contributed by atoms with van der Waals surface area (Å²) >= 11 is 4.40. The number of aromatic nitrogens is 12. The molecule has 442 valence electrons. The summed E-state index contributed by atoms with van der Waals surface area (Å²) in [6.07, 6.45) is 13.1. The van der Waals surface area contributed by atoms with Crippen molar-refractivity contribution in [1.29, 1.82) is 0 Å². The summed E-state index contributed by atoms with van der Waals surface area (Å²) in [6.45, 7) is 1.52. The largest absolute Gasteiger partial charge is 0.491 e. The number of nitrogens with one attached hydrogen (secondary N) is 2. The van der Waals surface area contributed by atoms with Gasteiger partial charge in [-0.1, -0.05) is 6.07 Å². The van der Waals surface area contributed by atoms with Gasteiger partial charge in [-0.3, -0.25) is 30.1 Å². The molecule has 0 radical (unpaired) electrons. The third-order valence-corrected chi connectivity index (χ3v) is 14.8. The normalized spacial score (nSPS) is 14.5. The highest BCUT2D eigenvalue weighted by Gasteiger charge is 2.25. The Morgan fingerprint density at radius 1 is 0.570 bits per heavy atom. The van der Waals surface area contributed by atoms with Gasteiger partial charge in [0.15, 0.2) is 12.5 Å². The highest BCUT2D eigenvalue weighted by molar-refractivity contribution is 14.1. The van der Waals surface area contributed by atoms with Crippen molar-refractivity contribution < 1.29 is 61.3 Å². The Bertz CT molecular complexity index is 4180. The van der Waals surface area contributed by atoms with Crippen LogP contribution in [0, 0.1) is 24.9 Å². The van der Waals surface area contributed by atoms with Crippen LogP contribution in [0.2, 0.25) is 0 Å². The van der Waals surface area contributed by atoms with Crippen molar-refractivity contribution >= 4 is 120 Å². The minimum atomic E-state index is -1.89. The molecule has 0 bridgehead atoms. The standard InChI is InChI=1S/C19H18FN3O3.C14H10FN3O2.C11H12IN3O.C8H8BFO4.C6H4IN3/c1-25-19(24)12-7-8-13(14(20)11-12)17-18-15(5-4-9-21-18)23(22-17)16-6-2-3-10-26-16;1-20-14(19)8-4-5-9(10(15)7-8)12-13-11(17-18-12)3-2-6-16-13;12-11-10-8(4-3-6-13-10)15(14-11)9-5-1-2-7-16-9;1-14-8(11)5-2-3-6(9(12)13)7(10)4-5;7-6-5-4(9-10-6)2-1-3-8-5/h4-5,7-9,11,16H,2-3,6,10H2,1H3;2-7H,1H3,(H,17,18);3-4,6,9H,1-2,5,7H2;2-4,12-13H,1H3;1-3H,(H,9,10). The average molecular weight is 1400 g/mol. The summed E-state index contributed by atoms with van der Waals surface area (Å²) in [4.78, 5) is 50.9. The number of rotatable bonds is 8. The predicted molar refractivity (Wildman–Crippen MR) is 327 cm³/mol. The fourth-order valence-corrected chi connectivity index (χ4v) is 10.3. The molecule has 11 aromatic rings. The van der Waals surface area contributed by atoms with Gasteiger partial charge < -0.3 is 33.7 Å². The highest BCUT2D eigenvalue weighted by Crippen LogP contribution is 2.34. The molecule has 2 fully saturated rings. The maximum atomic E-state index is 14.7. The molecule has 10 heterocycles. The first-order valence-electron chi connectivity index (χ1n) is 26.5. The lowest BCUT2D eigenvalue weighted by atomic mass is 9.79. The molecule has 2 saturated heterocycles. The first-order valence-corrected chi connectivity index (χ1v) is 28.6. The van der Waals surface area contributed by atoms with Crippen LogP contribution in [-0.2, 0) is 23.7 Å². The van der Waals surface area contributed by atoms with Gasteiger partial charge >= 0.3 is 25.0 Å². The van der Waals surface area contributed by atoms with E-state index >= 15 is 0 Å². The van der Waals surface area contributed by atoms with Crippen molar-refractivity contribution in [2.75, 3.05) is 34.5 Å². The van der Waals surface area contributed by atoms with Crippen molar-refractivity contribution in [3.63, 3.8) is 0 Å². The molecule has 0 aliphatic carbocycles. The third-order valence-electron chi connectivity index (χ3n) is 13.3. The zero-order valence-corrected chi connectivity index (χ0v) is 50.4. The number of methoxy groups -OCH3 is 3. The van der Waals surface area contributed by atoms with E-state index in [-0.39, 0.29) is 45.7 Å². The summed E-state index contributed by atoms with van der Waals surface area (Å²) in [5, 5.41) is 40.3. The van der Waals surface area contributed by atoms with Gasteiger partial charge in [0.1, 0.15) is 63.8 Å². The molecule has 8 aromatic heterocycles. The Morgan fingerprint density at radius 3 is 1.58 bits per heavy atom. The SMILES string of the molecule is COC(=O)c1ccc(-c2n[nH]c3cccnc23)c(F)c1.COC(=O)c1ccc(-c2nn(C3CCCCO3)c3cccnc23)c(F)c1.COC(=O)c1ccc(B(O)O)c(F)c1.Ic1[nH]nc2cccnc12.Ic1nn(C2CCCCO2)c2cccnc12. The van der Waals surface area contributed by atoms with Crippen LogP contribution >= 0.6 is 45.2 Å². The number of hydrogen-bond donors (Lipinski definition) is 4. The summed E-state index contributed by atoms with van der Waals surface area (Å²) in [5.41, 5.74) is 8.07. The molecule has 28 heteroatoms. The summed E-state index contributed by atoms with van der Waals surface area (Å²) in [7, 11) is 1.80.